The molecule has 2 saturated carbocycles. The number of aryl methyl sites for hydroxylation is 1. The van der Waals surface area contributed by atoms with Crippen LogP contribution in [0.5, 0.6) is 5.75 Å². The number of halogens is 4. The molecule has 2 aliphatic rings. The molecule has 4 rings (SSSR count). The zero-order chi connectivity index (χ0) is 24.9. The Hall–Kier alpha value is -2.30. The third-order valence-electron chi connectivity index (χ3n) is 8.19. The zero-order valence-corrected chi connectivity index (χ0v) is 20.6. The summed E-state index contributed by atoms with van der Waals surface area (Å²) < 4.78 is 63.9. The fourth-order valence-electron chi connectivity index (χ4n) is 5.93. The fourth-order valence-corrected chi connectivity index (χ4v) is 5.93. The van der Waals surface area contributed by atoms with Gasteiger partial charge in [0.1, 0.15) is 6.61 Å². The molecule has 0 bridgehead atoms. The fraction of sp³-hybridized carbons (Fsp3) is 0.533. The molecule has 0 aliphatic heterocycles. The van der Waals surface area contributed by atoms with E-state index in [2.05, 4.69) is 13.5 Å². The van der Waals surface area contributed by atoms with Gasteiger partial charge in [0.05, 0.1) is 0 Å². The van der Waals surface area contributed by atoms with Crippen molar-refractivity contribution >= 4 is 0 Å². The van der Waals surface area contributed by atoms with E-state index in [9.17, 15) is 17.6 Å². The minimum atomic E-state index is -0.949. The molecule has 0 spiro atoms. The second kappa shape index (κ2) is 11.6. The molecule has 0 N–H and O–H groups in total. The lowest BCUT2D eigenvalue weighted by Gasteiger charge is -2.29. The van der Waals surface area contributed by atoms with Gasteiger partial charge >= 0.3 is 0 Å². The SMILES string of the molecule is C=CCOc1ccc(C2CCC(CCc3ccc(C4CCC(C)CC4)c(F)c3F)CC2)c(F)c1F. The lowest BCUT2D eigenvalue weighted by Crippen LogP contribution is -2.16. The topological polar surface area (TPSA) is 9.23 Å². The van der Waals surface area contributed by atoms with Crippen LogP contribution in [0.3, 0.4) is 0 Å². The van der Waals surface area contributed by atoms with Gasteiger partial charge in [-0.05, 0) is 97.8 Å². The largest absolute Gasteiger partial charge is 0.486 e. The van der Waals surface area contributed by atoms with Crippen LogP contribution in [0.1, 0.15) is 93.2 Å². The van der Waals surface area contributed by atoms with Crippen molar-refractivity contribution in [2.45, 2.75) is 83.0 Å². The van der Waals surface area contributed by atoms with Gasteiger partial charge in [-0.25, -0.2) is 13.2 Å². The molecular weight excluding hydrogens is 452 g/mol. The first kappa shape index (κ1) is 25.8. The van der Waals surface area contributed by atoms with Crippen LogP contribution in [0.25, 0.3) is 0 Å². The molecule has 0 atom stereocenters. The van der Waals surface area contributed by atoms with E-state index in [0.29, 0.717) is 34.9 Å². The van der Waals surface area contributed by atoms with Gasteiger partial charge in [-0.3, -0.25) is 0 Å². The second-order valence-corrected chi connectivity index (χ2v) is 10.5. The minimum Gasteiger partial charge on any atom is -0.486 e. The Morgan fingerprint density at radius 2 is 1.34 bits per heavy atom. The van der Waals surface area contributed by atoms with Crippen molar-refractivity contribution in [3.63, 3.8) is 0 Å². The smallest absolute Gasteiger partial charge is 0.200 e. The number of benzene rings is 2. The molecule has 2 aliphatic carbocycles. The van der Waals surface area contributed by atoms with Crippen LogP contribution in [0.4, 0.5) is 17.6 Å². The number of hydrogen-bond donors (Lipinski definition) is 0. The van der Waals surface area contributed by atoms with Gasteiger partial charge in [-0.2, -0.15) is 4.39 Å². The Balaban J connectivity index is 1.32. The first-order valence-corrected chi connectivity index (χ1v) is 13.1. The summed E-state index contributed by atoms with van der Waals surface area (Å²) in [6, 6.07) is 6.67. The highest BCUT2D eigenvalue weighted by Crippen LogP contribution is 2.41. The number of ether oxygens (including phenoxy) is 1. The van der Waals surface area contributed by atoms with E-state index in [-0.39, 0.29) is 24.2 Å². The van der Waals surface area contributed by atoms with E-state index >= 15 is 0 Å². The molecule has 0 radical (unpaired) electrons. The monoisotopic (exact) mass is 488 g/mol. The standard InChI is InChI=1S/C30H36F4O/c1-3-18-35-26-17-16-25(29(33)30(26)34)22-11-6-20(7-12-22)8-13-23-14-15-24(28(32)27(23)31)21-9-4-19(2)5-10-21/h3,14-17,19-22H,1,4-13,18H2,2H3. The Kier molecular flexibility index (Phi) is 8.56. The molecule has 2 aromatic rings. The first-order chi connectivity index (χ1) is 16.9. The Morgan fingerprint density at radius 3 is 1.97 bits per heavy atom. The second-order valence-electron chi connectivity index (χ2n) is 10.5. The average molecular weight is 489 g/mol. The predicted molar refractivity (Wildman–Crippen MR) is 132 cm³/mol. The van der Waals surface area contributed by atoms with Gasteiger partial charge in [0.15, 0.2) is 23.2 Å². The van der Waals surface area contributed by atoms with Crippen molar-refractivity contribution in [2.24, 2.45) is 11.8 Å². The molecule has 2 aromatic carbocycles. The van der Waals surface area contributed by atoms with Crippen LogP contribution in [0.2, 0.25) is 0 Å². The lowest BCUT2D eigenvalue weighted by atomic mass is 9.76. The van der Waals surface area contributed by atoms with Crippen LogP contribution < -0.4 is 4.74 Å². The molecule has 5 heteroatoms. The summed E-state index contributed by atoms with van der Waals surface area (Å²) in [5.41, 5.74) is 1.38. The van der Waals surface area contributed by atoms with Crippen molar-refractivity contribution < 1.29 is 22.3 Å². The molecule has 190 valence electrons. The minimum absolute atomic E-state index is 0.0409. The molecule has 0 unspecified atom stereocenters. The Labute approximate surface area is 206 Å². The maximum atomic E-state index is 14.9. The first-order valence-electron chi connectivity index (χ1n) is 13.1. The van der Waals surface area contributed by atoms with Crippen molar-refractivity contribution in [3.05, 3.63) is 76.9 Å². The quantitative estimate of drug-likeness (QED) is 0.266. The van der Waals surface area contributed by atoms with E-state index in [4.69, 9.17) is 4.74 Å². The van der Waals surface area contributed by atoms with Crippen LogP contribution in [0.15, 0.2) is 36.9 Å². The molecular formula is C30H36F4O. The molecule has 0 saturated heterocycles. The van der Waals surface area contributed by atoms with E-state index < -0.39 is 23.3 Å². The Bertz CT molecular complexity index is 1020. The summed E-state index contributed by atoms with van der Waals surface area (Å²) in [5.74, 6) is -2.11. The summed E-state index contributed by atoms with van der Waals surface area (Å²) in [5, 5.41) is 0. The summed E-state index contributed by atoms with van der Waals surface area (Å²) in [6.07, 6.45) is 9.98. The third-order valence-corrected chi connectivity index (χ3v) is 8.19. The lowest BCUT2D eigenvalue weighted by molar-refractivity contribution is 0.299. The van der Waals surface area contributed by atoms with Crippen LogP contribution in [-0.4, -0.2) is 6.61 Å². The van der Waals surface area contributed by atoms with E-state index in [1.165, 1.54) is 12.1 Å². The van der Waals surface area contributed by atoms with Gasteiger partial charge in [0.25, 0.3) is 0 Å². The van der Waals surface area contributed by atoms with Gasteiger partial charge in [-0.1, -0.05) is 50.6 Å². The summed E-state index contributed by atoms with van der Waals surface area (Å²) in [7, 11) is 0. The van der Waals surface area contributed by atoms with Gasteiger partial charge in [0.2, 0.25) is 5.82 Å². The highest BCUT2D eigenvalue weighted by Gasteiger charge is 2.28. The third kappa shape index (κ3) is 5.92. The van der Waals surface area contributed by atoms with Crippen molar-refractivity contribution in [2.75, 3.05) is 6.61 Å². The van der Waals surface area contributed by atoms with Crippen LogP contribution in [-0.2, 0) is 6.42 Å². The van der Waals surface area contributed by atoms with Gasteiger partial charge < -0.3 is 4.74 Å². The Morgan fingerprint density at radius 1 is 0.771 bits per heavy atom. The molecule has 0 heterocycles. The maximum absolute atomic E-state index is 14.9. The molecule has 1 nitrogen and oxygen atoms in total. The molecule has 0 amide bonds. The summed E-state index contributed by atoms with van der Waals surface area (Å²) in [4.78, 5) is 0. The van der Waals surface area contributed by atoms with Crippen molar-refractivity contribution in [3.8, 4) is 5.75 Å². The van der Waals surface area contributed by atoms with Crippen LogP contribution >= 0.6 is 0 Å². The van der Waals surface area contributed by atoms with Gasteiger partial charge in [-0.15, -0.1) is 0 Å². The number of hydrogen-bond acceptors (Lipinski definition) is 1. The van der Waals surface area contributed by atoms with Crippen molar-refractivity contribution in [1.29, 1.82) is 0 Å². The number of rotatable bonds is 8. The summed E-state index contributed by atoms with van der Waals surface area (Å²) in [6.45, 7) is 5.85. The van der Waals surface area contributed by atoms with Crippen molar-refractivity contribution in [1.82, 2.24) is 0 Å². The molecule has 35 heavy (non-hydrogen) atoms. The molecule has 0 aromatic heterocycles. The van der Waals surface area contributed by atoms with E-state index in [1.807, 2.05) is 0 Å². The zero-order valence-electron chi connectivity index (χ0n) is 20.6. The molecule has 2 fully saturated rings. The normalized spacial score (nSPS) is 24.8. The van der Waals surface area contributed by atoms with Gasteiger partial charge in [0, 0.05) is 0 Å². The average Bonchev–Trinajstić information content (AvgIpc) is 2.87. The van der Waals surface area contributed by atoms with Crippen LogP contribution in [0, 0.1) is 35.1 Å². The van der Waals surface area contributed by atoms with E-state index in [1.54, 1.807) is 18.2 Å². The highest BCUT2D eigenvalue weighted by molar-refractivity contribution is 5.33. The predicted octanol–water partition coefficient (Wildman–Crippen LogP) is 9.01. The van der Waals surface area contributed by atoms with E-state index in [0.717, 1.165) is 57.8 Å². The highest BCUT2D eigenvalue weighted by atomic mass is 19.2. The summed E-state index contributed by atoms with van der Waals surface area (Å²) >= 11 is 0. The maximum Gasteiger partial charge on any atom is 0.200 e.